The molecule has 0 nitrogen and oxygen atoms in total. The van der Waals surface area contributed by atoms with E-state index >= 15 is 0 Å². The molecule has 4 fully saturated rings. The van der Waals surface area contributed by atoms with Gasteiger partial charge in [0, 0.05) is 0 Å². The molecule has 0 bridgehead atoms. The van der Waals surface area contributed by atoms with Gasteiger partial charge in [0.15, 0.2) is 0 Å². The Bertz CT molecular complexity index is 1110. The van der Waals surface area contributed by atoms with Crippen molar-refractivity contribution in [2.24, 2.45) is 82.9 Å². The molecule has 14 unspecified atom stereocenters. The zero-order valence-corrected chi connectivity index (χ0v) is 49.2. The Morgan fingerprint density at radius 2 is 0.574 bits per heavy atom. The number of hydrogen-bond donors (Lipinski definition) is 0. The maximum atomic E-state index is 2.50. The van der Waals surface area contributed by atoms with Gasteiger partial charge in [-0.2, -0.15) is 0 Å². The highest BCUT2D eigenvalue weighted by atomic mass is 14.5. The highest BCUT2D eigenvalue weighted by molar-refractivity contribution is 4.97. The van der Waals surface area contributed by atoms with Crippen LogP contribution in [-0.2, 0) is 0 Å². The summed E-state index contributed by atoms with van der Waals surface area (Å²) in [5.41, 5.74) is 0. The molecule has 14 atom stereocenters. The molecule has 0 heterocycles. The molecule has 0 aliphatic heterocycles. The van der Waals surface area contributed by atoms with Gasteiger partial charge in [0.25, 0.3) is 0 Å². The topological polar surface area (TPSA) is 0 Å². The molecule has 4 rings (SSSR count). The lowest BCUT2D eigenvalue weighted by atomic mass is 9.52. The molecule has 0 spiro atoms. The van der Waals surface area contributed by atoms with Crippen LogP contribution in [0.5, 0.6) is 0 Å². The Balaban J connectivity index is 0.000000360. The maximum Gasteiger partial charge on any atom is -0.0352 e. The summed E-state index contributed by atoms with van der Waals surface area (Å²) in [6.45, 7) is 24.1. The Morgan fingerprint density at radius 1 is 0.221 bits per heavy atom. The van der Waals surface area contributed by atoms with Crippen molar-refractivity contribution in [1.29, 1.82) is 0 Å². The molecule has 0 aromatic carbocycles. The Labute approximate surface area is 432 Å². The lowest BCUT2D eigenvalue weighted by Gasteiger charge is -2.53. The number of unbranched alkanes of at least 4 members (excludes halogenated alkanes) is 15. The second-order valence-electron chi connectivity index (χ2n) is 25.6. The Hall–Kier alpha value is 0. The second-order valence-corrected chi connectivity index (χ2v) is 25.6. The first-order chi connectivity index (χ1) is 33.4. The highest BCUT2D eigenvalue weighted by Gasteiger charge is 2.47. The smallest absolute Gasteiger partial charge is 0.0352 e. The summed E-state index contributed by atoms with van der Waals surface area (Å²) in [7, 11) is 0. The van der Waals surface area contributed by atoms with Gasteiger partial charge in [-0.3, -0.25) is 0 Å². The Morgan fingerprint density at radius 3 is 1.07 bits per heavy atom. The van der Waals surface area contributed by atoms with Crippen molar-refractivity contribution < 1.29 is 0 Å². The van der Waals surface area contributed by atoms with Crippen LogP contribution in [0.2, 0.25) is 0 Å². The molecular formula is C68H132. The first-order valence-electron chi connectivity index (χ1n) is 33.4. The third-order valence-corrected chi connectivity index (χ3v) is 21.0. The molecule has 0 N–H and O–H groups in total. The van der Waals surface area contributed by atoms with Crippen LogP contribution in [0.4, 0.5) is 0 Å². The predicted molar refractivity (Wildman–Crippen MR) is 309 cm³/mol. The number of rotatable bonds is 37. The molecule has 0 heteroatoms. The van der Waals surface area contributed by atoms with E-state index < -0.39 is 0 Å². The van der Waals surface area contributed by atoms with E-state index in [1.54, 1.807) is 77.0 Å². The minimum atomic E-state index is 1.03. The molecule has 4 saturated carbocycles. The van der Waals surface area contributed by atoms with E-state index in [-0.39, 0.29) is 0 Å². The van der Waals surface area contributed by atoms with Crippen LogP contribution in [0.25, 0.3) is 0 Å². The van der Waals surface area contributed by atoms with E-state index in [9.17, 15) is 0 Å². The van der Waals surface area contributed by atoms with Gasteiger partial charge in [0.05, 0.1) is 0 Å². The summed E-state index contributed by atoms with van der Waals surface area (Å²) in [6.07, 6.45) is 65.7. The summed E-state index contributed by atoms with van der Waals surface area (Å²) in [5, 5.41) is 0. The molecule has 0 aromatic heterocycles. The van der Waals surface area contributed by atoms with Gasteiger partial charge in [0.2, 0.25) is 0 Å². The molecular weight excluding hydrogens is 817 g/mol. The van der Waals surface area contributed by atoms with Gasteiger partial charge in [-0.15, -0.1) is 0 Å². The van der Waals surface area contributed by atoms with Crippen LogP contribution < -0.4 is 0 Å². The van der Waals surface area contributed by atoms with Crippen molar-refractivity contribution in [3.05, 3.63) is 0 Å². The molecule has 0 radical (unpaired) electrons. The van der Waals surface area contributed by atoms with E-state index in [1.165, 1.54) is 205 Å². The van der Waals surface area contributed by atoms with Crippen LogP contribution in [0.3, 0.4) is 0 Å². The fourth-order valence-electron chi connectivity index (χ4n) is 17.5. The molecule has 404 valence electrons. The summed E-state index contributed by atoms with van der Waals surface area (Å²) < 4.78 is 0. The quantitative estimate of drug-likeness (QED) is 0.0545. The van der Waals surface area contributed by atoms with Crippen LogP contribution >= 0.6 is 0 Å². The first kappa shape index (κ1) is 62.3. The fourth-order valence-corrected chi connectivity index (χ4v) is 17.5. The number of hydrogen-bond acceptors (Lipinski definition) is 0. The van der Waals surface area contributed by atoms with Crippen LogP contribution in [-0.4, -0.2) is 0 Å². The number of fused-ring (bicyclic) bond motifs is 1. The van der Waals surface area contributed by atoms with Crippen molar-refractivity contribution >= 4 is 0 Å². The van der Waals surface area contributed by atoms with Crippen LogP contribution in [0.1, 0.15) is 352 Å². The third-order valence-electron chi connectivity index (χ3n) is 21.0. The van der Waals surface area contributed by atoms with E-state index in [0.717, 1.165) is 82.9 Å². The van der Waals surface area contributed by atoms with Crippen molar-refractivity contribution in [3.8, 4) is 0 Å². The maximum absolute atomic E-state index is 2.50. The predicted octanol–water partition coefficient (Wildman–Crippen LogP) is 24.0. The molecule has 0 aromatic rings. The average Bonchev–Trinajstić information content (AvgIpc) is 3.35. The summed E-state index contributed by atoms with van der Waals surface area (Å²) >= 11 is 0. The van der Waals surface area contributed by atoms with Gasteiger partial charge in [-0.1, -0.05) is 300 Å². The second kappa shape index (κ2) is 39.5. The molecule has 0 saturated heterocycles. The SMILES string of the molecule is CCCCC1CCC(CCCCCC2CCC(CCC)C(CCC)C2CC)C(CCC)C1CC.CCCCCCCC1CCCC2C1CC(CCCCCC)C(CCCCCC)C2CCCCC. The van der Waals surface area contributed by atoms with Gasteiger partial charge in [-0.25, -0.2) is 0 Å². The summed E-state index contributed by atoms with van der Waals surface area (Å²) in [4.78, 5) is 0. The molecule has 4 aliphatic carbocycles. The van der Waals surface area contributed by atoms with E-state index in [4.69, 9.17) is 0 Å². The summed E-state index contributed by atoms with van der Waals surface area (Å²) in [5.74, 6) is 14.8. The van der Waals surface area contributed by atoms with Crippen molar-refractivity contribution in [1.82, 2.24) is 0 Å². The van der Waals surface area contributed by atoms with Crippen LogP contribution in [0, 0.1) is 82.9 Å². The lowest BCUT2D eigenvalue weighted by Crippen LogP contribution is -2.45. The average molecular weight is 950 g/mol. The van der Waals surface area contributed by atoms with Crippen molar-refractivity contribution in [3.63, 3.8) is 0 Å². The van der Waals surface area contributed by atoms with E-state index in [2.05, 4.69) is 69.2 Å². The standard InChI is InChI=1S/2C34H66/c1-7-13-20-28-25-26-30(34(19-10-4)31(28)11-5)22-16-14-15-21-29-24-23-27(17-8-2)33(18-9-3)32(29)12-6;1-5-9-13-16-19-22-29-24-21-27-33-32(26-17-12-8-4)31(25-20-15-11-7-3)30(28-34(29)33)23-18-14-10-6-2/h27-34H,7-26H2,1-6H3;29-34H,5-28H2,1-4H3. The minimum absolute atomic E-state index is 1.03. The highest BCUT2D eigenvalue weighted by Crippen LogP contribution is 2.56. The normalized spacial score (nSPS) is 31.9. The van der Waals surface area contributed by atoms with Gasteiger partial charge in [0.1, 0.15) is 0 Å². The van der Waals surface area contributed by atoms with Crippen molar-refractivity contribution in [2.45, 2.75) is 352 Å². The zero-order chi connectivity index (χ0) is 49.2. The third kappa shape index (κ3) is 21.8. The largest absolute Gasteiger partial charge is 0.0654 e. The van der Waals surface area contributed by atoms with Gasteiger partial charge in [-0.05, 0) is 134 Å². The molecule has 68 heavy (non-hydrogen) atoms. The fraction of sp³-hybridized carbons (Fsp3) is 1.00. The lowest BCUT2D eigenvalue weighted by molar-refractivity contribution is -0.0346. The molecule has 0 amide bonds. The van der Waals surface area contributed by atoms with Gasteiger partial charge < -0.3 is 0 Å². The Kier molecular flexibility index (Phi) is 36.2. The minimum Gasteiger partial charge on any atom is -0.0654 e. The zero-order valence-electron chi connectivity index (χ0n) is 49.2. The van der Waals surface area contributed by atoms with Gasteiger partial charge >= 0.3 is 0 Å². The monoisotopic (exact) mass is 949 g/mol. The van der Waals surface area contributed by atoms with Crippen LogP contribution in [0.15, 0.2) is 0 Å². The van der Waals surface area contributed by atoms with E-state index in [1.807, 2.05) is 0 Å². The van der Waals surface area contributed by atoms with E-state index in [0.29, 0.717) is 0 Å². The summed E-state index contributed by atoms with van der Waals surface area (Å²) in [6, 6.07) is 0. The first-order valence-corrected chi connectivity index (χ1v) is 33.4. The molecule has 4 aliphatic rings. The van der Waals surface area contributed by atoms with Crippen molar-refractivity contribution in [2.75, 3.05) is 0 Å².